The van der Waals surface area contributed by atoms with Gasteiger partial charge in [0.15, 0.2) is 5.75 Å². The van der Waals surface area contributed by atoms with Crippen molar-refractivity contribution < 1.29 is 4.74 Å². The summed E-state index contributed by atoms with van der Waals surface area (Å²) in [5, 5.41) is 0.994. The summed E-state index contributed by atoms with van der Waals surface area (Å²) in [6.07, 6.45) is 1.03. The summed E-state index contributed by atoms with van der Waals surface area (Å²) in [7, 11) is 0. The van der Waals surface area contributed by atoms with E-state index in [2.05, 4.69) is 24.3 Å². The minimum absolute atomic E-state index is 0.424. The SMILES string of the molecule is Nc1cccc(Cl)c1OCC1Cc2ccccc2S1. The van der Waals surface area contributed by atoms with Gasteiger partial charge in [-0.3, -0.25) is 0 Å². The lowest BCUT2D eigenvalue weighted by Crippen LogP contribution is -2.14. The molecule has 1 aliphatic heterocycles. The first-order valence-electron chi connectivity index (χ1n) is 6.15. The quantitative estimate of drug-likeness (QED) is 0.868. The predicted molar refractivity (Wildman–Crippen MR) is 81.2 cm³/mol. The van der Waals surface area contributed by atoms with E-state index in [1.54, 1.807) is 12.1 Å². The fourth-order valence-electron chi connectivity index (χ4n) is 2.20. The Kier molecular flexibility index (Phi) is 3.58. The van der Waals surface area contributed by atoms with Crippen molar-refractivity contribution in [3.05, 3.63) is 53.1 Å². The monoisotopic (exact) mass is 291 g/mol. The molecule has 0 aliphatic carbocycles. The first-order chi connectivity index (χ1) is 9.24. The number of benzene rings is 2. The molecule has 4 heteroatoms. The topological polar surface area (TPSA) is 35.2 Å². The molecule has 1 heterocycles. The highest BCUT2D eigenvalue weighted by Gasteiger charge is 2.22. The molecule has 2 aromatic carbocycles. The number of hydrogen-bond acceptors (Lipinski definition) is 3. The molecule has 19 heavy (non-hydrogen) atoms. The van der Waals surface area contributed by atoms with Crippen molar-refractivity contribution in [2.45, 2.75) is 16.6 Å². The molecule has 0 aromatic heterocycles. The predicted octanol–water partition coefficient (Wildman–Crippen LogP) is 4.02. The van der Waals surface area contributed by atoms with E-state index in [0.29, 0.717) is 28.3 Å². The highest BCUT2D eigenvalue weighted by Crippen LogP contribution is 2.38. The maximum Gasteiger partial charge on any atom is 0.160 e. The van der Waals surface area contributed by atoms with Crippen molar-refractivity contribution >= 4 is 29.1 Å². The van der Waals surface area contributed by atoms with Crippen LogP contribution in [0.5, 0.6) is 5.75 Å². The number of ether oxygens (including phenoxy) is 1. The first kappa shape index (κ1) is 12.7. The lowest BCUT2D eigenvalue weighted by atomic mass is 10.1. The molecule has 0 bridgehead atoms. The maximum absolute atomic E-state index is 6.09. The van der Waals surface area contributed by atoms with E-state index in [1.807, 2.05) is 17.8 Å². The second kappa shape index (κ2) is 5.35. The molecule has 0 amide bonds. The molecule has 0 fully saturated rings. The number of thioether (sulfide) groups is 1. The summed E-state index contributed by atoms with van der Waals surface area (Å²) in [5.41, 5.74) is 7.86. The second-order valence-electron chi connectivity index (χ2n) is 4.52. The zero-order valence-electron chi connectivity index (χ0n) is 10.3. The zero-order valence-corrected chi connectivity index (χ0v) is 11.9. The molecule has 2 nitrogen and oxygen atoms in total. The van der Waals surface area contributed by atoms with Gasteiger partial charge in [-0.15, -0.1) is 11.8 Å². The molecular weight excluding hydrogens is 278 g/mol. The van der Waals surface area contributed by atoms with Crippen LogP contribution in [0.15, 0.2) is 47.4 Å². The number of anilines is 1. The number of fused-ring (bicyclic) bond motifs is 1. The molecule has 1 atom stereocenters. The Bertz CT molecular complexity index is 557. The van der Waals surface area contributed by atoms with Crippen LogP contribution in [-0.4, -0.2) is 11.9 Å². The molecule has 0 saturated carbocycles. The largest absolute Gasteiger partial charge is 0.489 e. The first-order valence-corrected chi connectivity index (χ1v) is 7.41. The zero-order chi connectivity index (χ0) is 13.2. The lowest BCUT2D eigenvalue weighted by Gasteiger charge is -2.13. The van der Waals surface area contributed by atoms with Gasteiger partial charge in [-0.1, -0.05) is 35.9 Å². The summed E-state index contributed by atoms with van der Waals surface area (Å²) in [6, 6.07) is 13.9. The average Bonchev–Trinajstić information content (AvgIpc) is 2.81. The summed E-state index contributed by atoms with van der Waals surface area (Å²) >= 11 is 7.95. The van der Waals surface area contributed by atoms with E-state index >= 15 is 0 Å². The van der Waals surface area contributed by atoms with Crippen molar-refractivity contribution in [1.29, 1.82) is 0 Å². The molecular formula is C15H14ClNOS. The summed E-state index contributed by atoms with van der Waals surface area (Å²) in [6.45, 7) is 0.618. The van der Waals surface area contributed by atoms with Crippen LogP contribution >= 0.6 is 23.4 Å². The van der Waals surface area contributed by atoms with Gasteiger partial charge in [0.25, 0.3) is 0 Å². The normalized spacial score (nSPS) is 17.2. The number of halogens is 1. The number of rotatable bonds is 3. The van der Waals surface area contributed by atoms with E-state index in [1.165, 1.54) is 10.5 Å². The summed E-state index contributed by atoms with van der Waals surface area (Å²) in [5.74, 6) is 0.598. The van der Waals surface area contributed by atoms with E-state index < -0.39 is 0 Å². The second-order valence-corrected chi connectivity index (χ2v) is 6.27. The molecule has 0 radical (unpaired) electrons. The molecule has 0 spiro atoms. The van der Waals surface area contributed by atoms with Crippen molar-refractivity contribution in [3.8, 4) is 5.75 Å². The van der Waals surface area contributed by atoms with Gasteiger partial charge in [-0.25, -0.2) is 0 Å². The summed E-state index contributed by atoms with van der Waals surface area (Å²) < 4.78 is 5.80. The van der Waals surface area contributed by atoms with E-state index in [-0.39, 0.29) is 0 Å². The van der Waals surface area contributed by atoms with Gasteiger partial charge in [0, 0.05) is 10.1 Å². The molecule has 1 unspecified atom stereocenters. The molecule has 0 saturated heterocycles. The minimum Gasteiger partial charge on any atom is -0.489 e. The Labute approximate surface area is 121 Å². The fraction of sp³-hybridized carbons (Fsp3) is 0.200. The lowest BCUT2D eigenvalue weighted by molar-refractivity contribution is 0.319. The van der Waals surface area contributed by atoms with Crippen molar-refractivity contribution in [3.63, 3.8) is 0 Å². The van der Waals surface area contributed by atoms with Gasteiger partial charge in [-0.05, 0) is 30.2 Å². The van der Waals surface area contributed by atoms with Crippen LogP contribution in [0.1, 0.15) is 5.56 Å². The van der Waals surface area contributed by atoms with Crippen molar-refractivity contribution in [1.82, 2.24) is 0 Å². The highest BCUT2D eigenvalue weighted by atomic mass is 35.5. The fourth-order valence-corrected chi connectivity index (χ4v) is 3.66. The van der Waals surface area contributed by atoms with Crippen molar-refractivity contribution in [2.75, 3.05) is 12.3 Å². The van der Waals surface area contributed by atoms with Crippen LogP contribution in [0.3, 0.4) is 0 Å². The molecule has 2 aromatic rings. The number of nitrogen functional groups attached to an aromatic ring is 1. The Morgan fingerprint density at radius 3 is 2.84 bits per heavy atom. The number of nitrogens with two attached hydrogens (primary N) is 1. The van der Waals surface area contributed by atoms with Crippen LogP contribution < -0.4 is 10.5 Å². The highest BCUT2D eigenvalue weighted by molar-refractivity contribution is 8.00. The smallest absolute Gasteiger partial charge is 0.160 e. The Morgan fingerprint density at radius 2 is 2.05 bits per heavy atom. The number of para-hydroxylation sites is 1. The third-order valence-corrected chi connectivity index (χ3v) is 4.71. The molecule has 3 rings (SSSR count). The summed E-state index contributed by atoms with van der Waals surface area (Å²) in [4.78, 5) is 1.35. The Balaban J connectivity index is 1.66. The van der Waals surface area contributed by atoms with Gasteiger partial charge >= 0.3 is 0 Å². The third kappa shape index (κ3) is 2.67. The van der Waals surface area contributed by atoms with Crippen LogP contribution in [0.25, 0.3) is 0 Å². The average molecular weight is 292 g/mol. The van der Waals surface area contributed by atoms with Gasteiger partial charge < -0.3 is 10.5 Å². The Hall–Kier alpha value is -1.32. The minimum atomic E-state index is 0.424. The van der Waals surface area contributed by atoms with Crippen molar-refractivity contribution in [2.24, 2.45) is 0 Å². The van der Waals surface area contributed by atoms with Gasteiger partial charge in [-0.2, -0.15) is 0 Å². The van der Waals surface area contributed by atoms with Gasteiger partial charge in [0.1, 0.15) is 6.61 Å². The maximum atomic E-state index is 6.09. The standard InChI is InChI=1S/C15H14ClNOS/c16-12-5-3-6-13(17)15(12)18-9-11-8-10-4-1-2-7-14(10)19-11/h1-7,11H,8-9,17H2. The van der Waals surface area contributed by atoms with E-state index in [0.717, 1.165) is 6.42 Å². The molecule has 98 valence electrons. The van der Waals surface area contributed by atoms with E-state index in [4.69, 9.17) is 22.1 Å². The third-order valence-electron chi connectivity index (χ3n) is 3.12. The molecule has 2 N–H and O–H groups in total. The Morgan fingerprint density at radius 1 is 1.21 bits per heavy atom. The van der Waals surface area contributed by atoms with Gasteiger partial charge in [0.05, 0.1) is 10.7 Å². The van der Waals surface area contributed by atoms with Crippen LogP contribution in [-0.2, 0) is 6.42 Å². The molecule has 1 aliphatic rings. The van der Waals surface area contributed by atoms with Crippen LogP contribution in [0, 0.1) is 0 Å². The number of hydrogen-bond donors (Lipinski definition) is 1. The van der Waals surface area contributed by atoms with Crippen LogP contribution in [0.4, 0.5) is 5.69 Å². The van der Waals surface area contributed by atoms with E-state index in [9.17, 15) is 0 Å². The van der Waals surface area contributed by atoms with Crippen LogP contribution in [0.2, 0.25) is 5.02 Å². The van der Waals surface area contributed by atoms with Gasteiger partial charge in [0.2, 0.25) is 0 Å².